The molecule has 0 unspecified atom stereocenters. The van der Waals surface area contributed by atoms with Crippen LogP contribution in [0.2, 0.25) is 10.0 Å². The predicted octanol–water partition coefficient (Wildman–Crippen LogP) is 3.16. The molecule has 0 aliphatic rings. The fourth-order valence-corrected chi connectivity index (χ4v) is 4.45. The molecule has 0 heterocycles. The SMILES string of the molecule is C=CCN(C(C)C)S(=O)(=O)c1c(Cl)cc(N)cc1Cl. The molecule has 1 rings (SSSR count). The summed E-state index contributed by atoms with van der Waals surface area (Å²) in [6, 6.07) is 2.49. The van der Waals surface area contributed by atoms with Crippen molar-refractivity contribution in [3.8, 4) is 0 Å². The number of hydrogen-bond acceptors (Lipinski definition) is 3. The van der Waals surface area contributed by atoms with Crippen LogP contribution in [0.15, 0.2) is 29.7 Å². The normalized spacial score (nSPS) is 12.1. The third-order valence-electron chi connectivity index (χ3n) is 2.47. The molecule has 0 aliphatic carbocycles. The summed E-state index contributed by atoms with van der Waals surface area (Å²) in [5, 5.41) is 0.0272. The Hall–Kier alpha value is -0.750. The van der Waals surface area contributed by atoms with E-state index in [2.05, 4.69) is 6.58 Å². The quantitative estimate of drug-likeness (QED) is 0.669. The van der Waals surface area contributed by atoms with Crippen molar-refractivity contribution in [3.63, 3.8) is 0 Å². The second kappa shape index (κ2) is 6.13. The predicted molar refractivity (Wildman–Crippen MR) is 80.1 cm³/mol. The summed E-state index contributed by atoms with van der Waals surface area (Å²) in [6.07, 6.45) is 1.51. The first-order chi connectivity index (χ1) is 8.71. The number of anilines is 1. The molecule has 0 saturated carbocycles. The van der Waals surface area contributed by atoms with Crippen LogP contribution in [0.3, 0.4) is 0 Å². The molecule has 0 atom stereocenters. The first-order valence-electron chi connectivity index (χ1n) is 5.59. The van der Waals surface area contributed by atoms with Crippen molar-refractivity contribution < 1.29 is 8.42 Å². The number of nitrogens with zero attached hydrogens (tertiary/aromatic N) is 1. The van der Waals surface area contributed by atoms with Gasteiger partial charge in [0.25, 0.3) is 0 Å². The highest BCUT2D eigenvalue weighted by Crippen LogP contribution is 2.34. The molecule has 0 spiro atoms. The molecule has 0 bridgehead atoms. The topological polar surface area (TPSA) is 63.4 Å². The van der Waals surface area contributed by atoms with Gasteiger partial charge in [-0.1, -0.05) is 29.3 Å². The Morgan fingerprint density at radius 2 is 1.84 bits per heavy atom. The molecule has 0 aliphatic heterocycles. The maximum Gasteiger partial charge on any atom is 0.246 e. The number of hydrogen-bond donors (Lipinski definition) is 1. The van der Waals surface area contributed by atoms with Crippen LogP contribution in [0.25, 0.3) is 0 Å². The molecular weight excluding hydrogens is 307 g/mol. The molecular formula is C12H16Cl2N2O2S. The smallest absolute Gasteiger partial charge is 0.246 e. The second-order valence-corrected chi connectivity index (χ2v) is 6.91. The largest absolute Gasteiger partial charge is 0.399 e. The van der Waals surface area contributed by atoms with Crippen molar-refractivity contribution in [1.29, 1.82) is 0 Å². The average Bonchev–Trinajstić information content (AvgIpc) is 2.22. The minimum absolute atomic E-state index is 0.0136. The van der Waals surface area contributed by atoms with E-state index in [-0.39, 0.29) is 27.5 Å². The highest BCUT2D eigenvalue weighted by Gasteiger charge is 2.30. The fraction of sp³-hybridized carbons (Fsp3) is 0.333. The van der Waals surface area contributed by atoms with E-state index in [9.17, 15) is 8.42 Å². The van der Waals surface area contributed by atoms with Gasteiger partial charge in [0.2, 0.25) is 10.0 Å². The Morgan fingerprint density at radius 1 is 1.37 bits per heavy atom. The summed E-state index contributed by atoms with van der Waals surface area (Å²) in [7, 11) is -3.80. The van der Waals surface area contributed by atoms with E-state index >= 15 is 0 Å². The summed E-state index contributed by atoms with van der Waals surface area (Å²) in [6.45, 7) is 7.26. The summed E-state index contributed by atoms with van der Waals surface area (Å²) in [5.74, 6) is 0. The minimum Gasteiger partial charge on any atom is -0.399 e. The monoisotopic (exact) mass is 322 g/mol. The maximum atomic E-state index is 12.6. The number of rotatable bonds is 5. The molecule has 0 saturated heterocycles. The molecule has 0 amide bonds. The van der Waals surface area contributed by atoms with Crippen LogP contribution in [0.5, 0.6) is 0 Å². The molecule has 4 nitrogen and oxygen atoms in total. The van der Waals surface area contributed by atoms with Crippen molar-refractivity contribution in [2.45, 2.75) is 24.8 Å². The molecule has 106 valence electrons. The number of halogens is 2. The van der Waals surface area contributed by atoms with Gasteiger partial charge in [-0.15, -0.1) is 6.58 Å². The first-order valence-corrected chi connectivity index (χ1v) is 7.78. The van der Waals surface area contributed by atoms with Gasteiger partial charge in [0.05, 0.1) is 10.0 Å². The summed E-state index contributed by atoms with van der Waals surface area (Å²) >= 11 is 11.9. The van der Waals surface area contributed by atoms with Gasteiger partial charge < -0.3 is 5.73 Å². The molecule has 19 heavy (non-hydrogen) atoms. The molecule has 2 N–H and O–H groups in total. The Morgan fingerprint density at radius 3 is 2.21 bits per heavy atom. The fourth-order valence-electron chi connectivity index (χ4n) is 1.66. The number of benzene rings is 1. The Kier molecular flexibility index (Phi) is 5.26. The standard InChI is InChI=1S/C12H16Cl2N2O2S/c1-4-5-16(8(2)3)19(17,18)12-10(13)6-9(15)7-11(12)14/h4,6-8H,1,5,15H2,2-3H3. The van der Waals surface area contributed by atoms with Crippen LogP contribution in [0, 0.1) is 0 Å². The molecule has 0 fully saturated rings. The van der Waals surface area contributed by atoms with E-state index in [1.165, 1.54) is 22.5 Å². The van der Waals surface area contributed by atoms with Crippen LogP contribution in [0.1, 0.15) is 13.8 Å². The summed E-state index contributed by atoms with van der Waals surface area (Å²) in [5.41, 5.74) is 5.89. The van der Waals surface area contributed by atoms with Crippen LogP contribution >= 0.6 is 23.2 Å². The van der Waals surface area contributed by atoms with Crippen LogP contribution in [0.4, 0.5) is 5.69 Å². The van der Waals surface area contributed by atoms with Crippen LogP contribution in [-0.2, 0) is 10.0 Å². The van der Waals surface area contributed by atoms with Gasteiger partial charge in [-0.25, -0.2) is 8.42 Å². The van der Waals surface area contributed by atoms with E-state index < -0.39 is 10.0 Å². The van der Waals surface area contributed by atoms with Gasteiger partial charge in [0.15, 0.2) is 0 Å². The number of sulfonamides is 1. The Bertz CT molecular complexity index is 562. The van der Waals surface area contributed by atoms with Gasteiger partial charge in [-0.3, -0.25) is 0 Å². The van der Waals surface area contributed by atoms with Crippen molar-refractivity contribution in [2.24, 2.45) is 0 Å². The maximum absolute atomic E-state index is 12.6. The Balaban J connectivity index is 3.46. The minimum atomic E-state index is -3.80. The zero-order chi connectivity index (χ0) is 14.8. The summed E-state index contributed by atoms with van der Waals surface area (Å²) < 4.78 is 26.4. The van der Waals surface area contributed by atoms with Crippen molar-refractivity contribution in [3.05, 3.63) is 34.8 Å². The van der Waals surface area contributed by atoms with E-state index in [1.807, 2.05) is 0 Å². The van der Waals surface area contributed by atoms with E-state index in [0.717, 1.165) is 0 Å². The van der Waals surface area contributed by atoms with Gasteiger partial charge in [0, 0.05) is 18.3 Å². The highest BCUT2D eigenvalue weighted by molar-refractivity contribution is 7.89. The van der Waals surface area contributed by atoms with E-state index in [0.29, 0.717) is 5.69 Å². The van der Waals surface area contributed by atoms with Crippen LogP contribution in [-0.4, -0.2) is 25.3 Å². The van der Waals surface area contributed by atoms with Gasteiger partial charge in [0.1, 0.15) is 4.90 Å². The van der Waals surface area contributed by atoms with Crippen LogP contribution < -0.4 is 5.73 Å². The number of nitrogens with two attached hydrogens (primary N) is 1. The lowest BCUT2D eigenvalue weighted by Crippen LogP contribution is -2.37. The zero-order valence-corrected chi connectivity index (χ0v) is 13.1. The van der Waals surface area contributed by atoms with E-state index in [4.69, 9.17) is 28.9 Å². The lowest BCUT2D eigenvalue weighted by molar-refractivity contribution is 0.383. The molecule has 7 heteroatoms. The second-order valence-electron chi connectivity index (χ2n) is 4.27. The number of nitrogen functional groups attached to an aromatic ring is 1. The third-order valence-corrected chi connectivity index (χ3v) is 5.44. The van der Waals surface area contributed by atoms with Gasteiger partial charge in [-0.05, 0) is 26.0 Å². The Labute approximate surface area is 123 Å². The third kappa shape index (κ3) is 3.42. The summed E-state index contributed by atoms with van der Waals surface area (Å²) in [4.78, 5) is -0.124. The highest BCUT2D eigenvalue weighted by atomic mass is 35.5. The van der Waals surface area contributed by atoms with Gasteiger partial charge in [-0.2, -0.15) is 4.31 Å². The van der Waals surface area contributed by atoms with Crippen molar-refractivity contribution in [1.82, 2.24) is 4.31 Å². The van der Waals surface area contributed by atoms with E-state index in [1.54, 1.807) is 13.8 Å². The molecule has 1 aromatic carbocycles. The van der Waals surface area contributed by atoms with Crippen molar-refractivity contribution >= 4 is 38.9 Å². The van der Waals surface area contributed by atoms with Crippen molar-refractivity contribution in [2.75, 3.05) is 12.3 Å². The molecule has 1 aromatic rings. The zero-order valence-electron chi connectivity index (χ0n) is 10.7. The lowest BCUT2D eigenvalue weighted by atomic mass is 10.3. The average molecular weight is 323 g/mol. The molecule has 0 aromatic heterocycles. The molecule has 0 radical (unpaired) electrons. The van der Waals surface area contributed by atoms with Gasteiger partial charge >= 0.3 is 0 Å². The first kappa shape index (κ1) is 16.3. The lowest BCUT2D eigenvalue weighted by Gasteiger charge is -2.25.